The zero-order valence-electron chi connectivity index (χ0n) is 16.7. The molecule has 0 aliphatic heterocycles. The molecular weight excluding hydrogens is 388 g/mol. The SMILES string of the molecule is Cn1c(-c2ccccc2)c(C(=O)/C(C#N)=C/c2ccc(C(=O)[O-])cc2)c2ccccc21. The number of aromatic carboxylic acids is 1. The van der Waals surface area contributed by atoms with Crippen LogP contribution in [0.4, 0.5) is 0 Å². The van der Waals surface area contributed by atoms with Gasteiger partial charge in [-0.1, -0.05) is 72.8 Å². The van der Waals surface area contributed by atoms with Crippen LogP contribution in [-0.2, 0) is 7.05 Å². The van der Waals surface area contributed by atoms with Gasteiger partial charge in [-0.15, -0.1) is 0 Å². The molecule has 1 heterocycles. The van der Waals surface area contributed by atoms with Crippen molar-refractivity contribution in [1.29, 1.82) is 5.26 Å². The Labute approximate surface area is 179 Å². The van der Waals surface area contributed by atoms with E-state index in [0.717, 1.165) is 22.2 Å². The van der Waals surface area contributed by atoms with Crippen molar-refractivity contribution < 1.29 is 14.7 Å². The molecule has 0 unspecified atom stereocenters. The number of nitrogens with zero attached hydrogens (tertiary/aromatic N) is 2. The average Bonchev–Trinajstić information content (AvgIpc) is 3.10. The Hall–Kier alpha value is -4.43. The molecule has 31 heavy (non-hydrogen) atoms. The van der Waals surface area contributed by atoms with E-state index in [1.165, 1.54) is 30.3 Å². The number of ketones is 1. The maximum Gasteiger partial charge on any atom is 0.206 e. The maximum atomic E-state index is 13.6. The van der Waals surface area contributed by atoms with Gasteiger partial charge in [0, 0.05) is 18.0 Å². The number of rotatable bonds is 5. The fourth-order valence-electron chi connectivity index (χ4n) is 3.72. The molecule has 0 fully saturated rings. The smallest absolute Gasteiger partial charge is 0.206 e. The number of fused-ring (bicyclic) bond motifs is 1. The highest BCUT2D eigenvalue weighted by molar-refractivity contribution is 6.23. The van der Waals surface area contributed by atoms with E-state index in [2.05, 4.69) is 0 Å². The van der Waals surface area contributed by atoms with Crippen molar-refractivity contribution in [3.8, 4) is 17.3 Å². The van der Waals surface area contributed by atoms with Crippen molar-refractivity contribution in [2.24, 2.45) is 7.05 Å². The first-order chi connectivity index (χ1) is 15.0. The van der Waals surface area contributed by atoms with Gasteiger partial charge in [-0.05, 0) is 28.8 Å². The summed E-state index contributed by atoms with van der Waals surface area (Å²) < 4.78 is 1.96. The Morgan fingerprint density at radius 1 is 0.935 bits per heavy atom. The van der Waals surface area contributed by atoms with Crippen LogP contribution in [-0.4, -0.2) is 16.3 Å². The Morgan fingerprint density at radius 3 is 2.23 bits per heavy atom. The highest BCUT2D eigenvalue weighted by Crippen LogP contribution is 2.34. The van der Waals surface area contributed by atoms with E-state index < -0.39 is 5.97 Å². The second-order valence-electron chi connectivity index (χ2n) is 7.07. The van der Waals surface area contributed by atoms with Crippen LogP contribution in [0.2, 0.25) is 0 Å². The quantitative estimate of drug-likeness (QED) is 0.285. The van der Waals surface area contributed by atoms with Crippen LogP contribution in [0.15, 0.2) is 84.4 Å². The molecular formula is C26H17N2O3-. The van der Waals surface area contributed by atoms with Crippen LogP contribution in [0.25, 0.3) is 28.2 Å². The highest BCUT2D eigenvalue weighted by atomic mass is 16.4. The van der Waals surface area contributed by atoms with Crippen molar-refractivity contribution in [3.63, 3.8) is 0 Å². The fraction of sp³-hybridized carbons (Fsp3) is 0.0385. The lowest BCUT2D eigenvalue weighted by Crippen LogP contribution is -2.21. The zero-order valence-corrected chi connectivity index (χ0v) is 16.7. The van der Waals surface area contributed by atoms with Crippen molar-refractivity contribution in [1.82, 2.24) is 4.57 Å². The molecule has 0 saturated carbocycles. The number of nitriles is 1. The summed E-state index contributed by atoms with van der Waals surface area (Å²) >= 11 is 0. The second-order valence-corrected chi connectivity index (χ2v) is 7.07. The summed E-state index contributed by atoms with van der Waals surface area (Å²) in [4.78, 5) is 24.5. The topological polar surface area (TPSA) is 85.9 Å². The third-order valence-corrected chi connectivity index (χ3v) is 5.20. The molecule has 0 radical (unpaired) electrons. The maximum absolute atomic E-state index is 13.6. The summed E-state index contributed by atoms with van der Waals surface area (Å²) in [6, 6.07) is 25.0. The van der Waals surface area contributed by atoms with Gasteiger partial charge in [0.2, 0.25) is 5.78 Å². The van der Waals surface area contributed by atoms with Gasteiger partial charge in [-0.25, -0.2) is 0 Å². The zero-order chi connectivity index (χ0) is 22.0. The number of carbonyl (C=O) groups is 2. The monoisotopic (exact) mass is 405 g/mol. The molecule has 0 aliphatic rings. The molecule has 0 N–H and O–H groups in total. The number of carboxylic acid groups (broad SMARTS) is 1. The number of allylic oxidation sites excluding steroid dienone is 1. The first-order valence-electron chi connectivity index (χ1n) is 9.62. The minimum Gasteiger partial charge on any atom is -0.545 e. The van der Waals surface area contributed by atoms with E-state index in [-0.39, 0.29) is 16.9 Å². The van der Waals surface area contributed by atoms with Gasteiger partial charge < -0.3 is 14.5 Å². The van der Waals surface area contributed by atoms with Gasteiger partial charge in [0.05, 0.1) is 17.2 Å². The van der Waals surface area contributed by atoms with E-state index in [1.807, 2.05) is 72.3 Å². The fourth-order valence-corrected chi connectivity index (χ4v) is 3.72. The molecule has 0 spiro atoms. The summed E-state index contributed by atoms with van der Waals surface area (Å²) in [5, 5.41) is 21.5. The Morgan fingerprint density at radius 2 is 1.58 bits per heavy atom. The van der Waals surface area contributed by atoms with Crippen LogP contribution in [0.3, 0.4) is 0 Å². The summed E-state index contributed by atoms with van der Waals surface area (Å²) in [6.07, 6.45) is 1.47. The number of aromatic nitrogens is 1. The predicted molar refractivity (Wildman–Crippen MR) is 117 cm³/mol. The van der Waals surface area contributed by atoms with Crippen LogP contribution >= 0.6 is 0 Å². The van der Waals surface area contributed by atoms with Crippen LogP contribution in [0.5, 0.6) is 0 Å². The summed E-state index contributed by atoms with van der Waals surface area (Å²) in [7, 11) is 1.90. The van der Waals surface area contributed by atoms with Gasteiger partial charge in [-0.3, -0.25) is 4.79 Å². The van der Waals surface area contributed by atoms with E-state index in [1.54, 1.807) is 0 Å². The van der Waals surface area contributed by atoms with Gasteiger partial charge in [-0.2, -0.15) is 5.26 Å². The molecule has 3 aromatic carbocycles. The summed E-state index contributed by atoms with van der Waals surface area (Å²) in [5.41, 5.74) is 3.51. The third kappa shape index (κ3) is 3.63. The van der Waals surface area contributed by atoms with Crippen LogP contribution in [0, 0.1) is 11.3 Å². The number of carbonyl (C=O) groups excluding carboxylic acids is 2. The Bertz CT molecular complexity index is 1370. The van der Waals surface area contributed by atoms with E-state index >= 15 is 0 Å². The van der Waals surface area contributed by atoms with Gasteiger partial charge in [0.25, 0.3) is 0 Å². The van der Waals surface area contributed by atoms with E-state index in [4.69, 9.17) is 0 Å². The standard InChI is InChI=1S/C26H18N2O3/c1-28-22-10-6-5-9-21(22)23(24(28)18-7-3-2-4-8-18)25(29)20(16-27)15-17-11-13-19(14-12-17)26(30)31/h2-15H,1H3,(H,30,31)/p-1/b20-15+. The molecule has 0 saturated heterocycles. The minimum absolute atomic E-state index is 0.0300. The number of carboxylic acids is 1. The predicted octanol–water partition coefficient (Wildman–Crippen LogP) is 4.00. The number of aryl methyl sites for hydroxylation is 1. The average molecular weight is 405 g/mol. The summed E-state index contributed by atoms with van der Waals surface area (Å²) in [5.74, 6) is -1.67. The van der Waals surface area contributed by atoms with Gasteiger partial charge in [0.1, 0.15) is 11.6 Å². The van der Waals surface area contributed by atoms with E-state index in [0.29, 0.717) is 11.1 Å². The van der Waals surface area contributed by atoms with E-state index in [9.17, 15) is 20.0 Å². The molecule has 5 heteroatoms. The molecule has 0 amide bonds. The molecule has 1 aromatic heterocycles. The van der Waals surface area contributed by atoms with Crippen molar-refractivity contribution in [2.75, 3.05) is 0 Å². The van der Waals surface area contributed by atoms with Gasteiger partial charge in [0.15, 0.2) is 0 Å². The Kier molecular flexibility index (Phi) is 5.21. The number of Topliss-reactive ketones (excluding diaryl/α,β-unsaturated/α-hetero) is 1. The molecule has 4 rings (SSSR count). The normalized spacial score (nSPS) is 11.3. The lowest BCUT2D eigenvalue weighted by Gasteiger charge is -2.08. The lowest BCUT2D eigenvalue weighted by atomic mass is 9.96. The molecule has 4 aromatic rings. The molecule has 0 bridgehead atoms. The van der Waals surface area contributed by atoms with Crippen molar-refractivity contribution >= 4 is 28.7 Å². The molecule has 0 atom stereocenters. The summed E-state index contributed by atoms with van der Waals surface area (Å²) in [6.45, 7) is 0. The number of para-hydroxylation sites is 1. The first kappa shape index (κ1) is 19.9. The number of benzene rings is 3. The van der Waals surface area contributed by atoms with Crippen LogP contribution < -0.4 is 5.11 Å². The third-order valence-electron chi connectivity index (χ3n) is 5.20. The van der Waals surface area contributed by atoms with Crippen molar-refractivity contribution in [3.05, 3.63) is 101 Å². The first-order valence-corrected chi connectivity index (χ1v) is 9.62. The molecule has 150 valence electrons. The number of hydrogen-bond acceptors (Lipinski definition) is 4. The number of hydrogen-bond donors (Lipinski definition) is 0. The van der Waals surface area contributed by atoms with Gasteiger partial charge >= 0.3 is 0 Å². The molecule has 0 aliphatic carbocycles. The highest BCUT2D eigenvalue weighted by Gasteiger charge is 2.24. The lowest BCUT2D eigenvalue weighted by molar-refractivity contribution is -0.255. The molecule has 5 nitrogen and oxygen atoms in total. The Balaban J connectivity index is 1.88. The largest absolute Gasteiger partial charge is 0.545 e. The van der Waals surface area contributed by atoms with Crippen molar-refractivity contribution in [2.45, 2.75) is 0 Å². The van der Waals surface area contributed by atoms with Crippen LogP contribution in [0.1, 0.15) is 26.3 Å². The minimum atomic E-state index is -1.28. The second kappa shape index (κ2) is 8.13.